The van der Waals surface area contributed by atoms with Gasteiger partial charge in [0.1, 0.15) is 5.69 Å². The number of halogens is 1. The summed E-state index contributed by atoms with van der Waals surface area (Å²) < 4.78 is 0.970. The molecule has 1 aromatic heterocycles. The van der Waals surface area contributed by atoms with E-state index in [1.165, 1.54) is 0 Å². The first kappa shape index (κ1) is 13.1. The molecule has 3 N–H and O–H groups in total. The molecule has 0 radical (unpaired) electrons. The lowest BCUT2D eigenvalue weighted by Gasteiger charge is -2.05. The number of rotatable bonds is 4. The summed E-state index contributed by atoms with van der Waals surface area (Å²) in [6, 6.07) is 7.63. The van der Waals surface area contributed by atoms with Crippen LogP contribution in [0.25, 0.3) is 10.9 Å². The van der Waals surface area contributed by atoms with Crippen molar-refractivity contribution in [1.82, 2.24) is 10.3 Å². The Morgan fingerprint density at radius 3 is 3.00 bits per heavy atom. The topological polar surface area (TPSA) is 65.1 Å². The molecule has 2 aromatic rings. The minimum absolute atomic E-state index is 0.150. The first-order chi connectivity index (χ1) is 8.56. The predicted molar refractivity (Wildman–Crippen MR) is 74.6 cm³/mol. The van der Waals surface area contributed by atoms with Crippen molar-refractivity contribution >= 4 is 32.7 Å². The van der Waals surface area contributed by atoms with Crippen molar-refractivity contribution in [2.24, 2.45) is 0 Å². The van der Waals surface area contributed by atoms with Crippen molar-refractivity contribution in [3.63, 3.8) is 0 Å². The Bertz CT molecular complexity index is 563. The van der Waals surface area contributed by atoms with Crippen LogP contribution < -0.4 is 5.32 Å². The van der Waals surface area contributed by atoms with E-state index in [1.54, 1.807) is 6.92 Å². The molecule has 0 fully saturated rings. The Morgan fingerprint density at radius 1 is 1.50 bits per heavy atom. The van der Waals surface area contributed by atoms with Crippen molar-refractivity contribution < 1.29 is 9.90 Å². The number of carbonyl (C=O) groups excluding carboxylic acids is 1. The van der Waals surface area contributed by atoms with Gasteiger partial charge in [0.2, 0.25) is 0 Å². The zero-order chi connectivity index (χ0) is 13.1. The lowest BCUT2D eigenvalue weighted by molar-refractivity contribution is 0.0941. The van der Waals surface area contributed by atoms with Crippen LogP contribution in [-0.4, -0.2) is 28.6 Å². The van der Waals surface area contributed by atoms with Crippen LogP contribution in [0.5, 0.6) is 0 Å². The van der Waals surface area contributed by atoms with Gasteiger partial charge in [-0.25, -0.2) is 0 Å². The van der Waals surface area contributed by atoms with Crippen LogP contribution in [0.2, 0.25) is 0 Å². The molecule has 0 aliphatic carbocycles. The monoisotopic (exact) mass is 310 g/mol. The van der Waals surface area contributed by atoms with Crippen molar-refractivity contribution in [3.05, 3.63) is 34.4 Å². The Balaban J connectivity index is 2.08. The van der Waals surface area contributed by atoms with Crippen molar-refractivity contribution in [3.8, 4) is 0 Å². The SMILES string of the molecule is CC(O)CCNC(=O)c1cc2ccc(Br)cc2[nH]1. The first-order valence-corrected chi connectivity index (χ1v) is 6.60. The van der Waals surface area contributed by atoms with Gasteiger partial charge in [-0.05, 0) is 31.5 Å². The molecule has 1 atom stereocenters. The van der Waals surface area contributed by atoms with Gasteiger partial charge in [-0.1, -0.05) is 22.0 Å². The maximum atomic E-state index is 11.8. The summed E-state index contributed by atoms with van der Waals surface area (Å²) in [4.78, 5) is 14.9. The van der Waals surface area contributed by atoms with Crippen LogP contribution in [0.1, 0.15) is 23.8 Å². The highest BCUT2D eigenvalue weighted by Crippen LogP contribution is 2.20. The van der Waals surface area contributed by atoms with E-state index < -0.39 is 6.10 Å². The molecule has 96 valence electrons. The number of aliphatic hydroxyl groups is 1. The number of hydrogen-bond donors (Lipinski definition) is 3. The highest BCUT2D eigenvalue weighted by atomic mass is 79.9. The predicted octanol–water partition coefficient (Wildman–Crippen LogP) is 2.43. The average Bonchev–Trinajstić information content (AvgIpc) is 2.71. The summed E-state index contributed by atoms with van der Waals surface area (Å²) in [6.07, 6.45) is 0.154. The minimum atomic E-state index is -0.399. The highest BCUT2D eigenvalue weighted by Gasteiger charge is 2.09. The van der Waals surface area contributed by atoms with Gasteiger partial charge in [0.25, 0.3) is 5.91 Å². The van der Waals surface area contributed by atoms with E-state index in [0.717, 1.165) is 15.4 Å². The largest absolute Gasteiger partial charge is 0.393 e. The van der Waals surface area contributed by atoms with Crippen molar-refractivity contribution in [2.45, 2.75) is 19.4 Å². The zero-order valence-corrected chi connectivity index (χ0v) is 11.6. The fourth-order valence-corrected chi connectivity index (χ4v) is 2.07. The van der Waals surface area contributed by atoms with Gasteiger partial charge in [0.15, 0.2) is 0 Å². The fraction of sp³-hybridized carbons (Fsp3) is 0.308. The molecule has 0 bridgehead atoms. The Morgan fingerprint density at radius 2 is 2.28 bits per heavy atom. The molecule has 1 heterocycles. The van der Waals surface area contributed by atoms with E-state index in [2.05, 4.69) is 26.2 Å². The van der Waals surface area contributed by atoms with Crippen LogP contribution in [0.15, 0.2) is 28.7 Å². The van der Waals surface area contributed by atoms with Crippen molar-refractivity contribution in [2.75, 3.05) is 6.54 Å². The van der Waals surface area contributed by atoms with Crippen LogP contribution in [-0.2, 0) is 0 Å². The van der Waals surface area contributed by atoms with Crippen LogP contribution in [0.4, 0.5) is 0 Å². The van der Waals surface area contributed by atoms with E-state index in [1.807, 2.05) is 24.3 Å². The third-order valence-corrected chi connectivity index (χ3v) is 3.17. The number of carbonyl (C=O) groups is 1. The third-order valence-electron chi connectivity index (χ3n) is 2.68. The molecule has 1 unspecified atom stereocenters. The second-order valence-corrected chi connectivity index (χ2v) is 5.22. The number of hydrogen-bond acceptors (Lipinski definition) is 2. The van der Waals surface area contributed by atoms with Gasteiger partial charge >= 0.3 is 0 Å². The third kappa shape index (κ3) is 3.11. The van der Waals surface area contributed by atoms with Gasteiger partial charge in [-0.15, -0.1) is 0 Å². The number of nitrogens with one attached hydrogen (secondary N) is 2. The molecule has 5 heteroatoms. The van der Waals surface area contributed by atoms with Gasteiger partial charge in [0.05, 0.1) is 6.10 Å². The van der Waals surface area contributed by atoms with Gasteiger partial charge in [-0.2, -0.15) is 0 Å². The molecule has 2 rings (SSSR count). The summed E-state index contributed by atoms with van der Waals surface area (Å²) in [5.41, 5.74) is 1.46. The van der Waals surface area contributed by atoms with Gasteiger partial charge in [0, 0.05) is 21.9 Å². The minimum Gasteiger partial charge on any atom is -0.393 e. The van der Waals surface area contributed by atoms with E-state index in [-0.39, 0.29) is 5.91 Å². The Labute approximate surface area is 114 Å². The molecular weight excluding hydrogens is 296 g/mol. The molecule has 0 saturated heterocycles. The summed E-state index contributed by atoms with van der Waals surface area (Å²) in [6.45, 7) is 2.17. The van der Waals surface area contributed by atoms with Crippen LogP contribution >= 0.6 is 15.9 Å². The second kappa shape index (κ2) is 5.54. The lowest BCUT2D eigenvalue weighted by Crippen LogP contribution is -2.26. The number of aromatic nitrogens is 1. The number of aliphatic hydroxyl groups excluding tert-OH is 1. The maximum Gasteiger partial charge on any atom is 0.267 e. The summed E-state index contributed by atoms with van der Waals surface area (Å²) >= 11 is 3.39. The molecule has 0 spiro atoms. The zero-order valence-electron chi connectivity index (χ0n) is 10.0. The number of fused-ring (bicyclic) bond motifs is 1. The molecule has 0 aliphatic rings. The summed E-state index contributed by atoms with van der Waals surface area (Å²) in [5, 5.41) is 12.9. The molecule has 1 amide bonds. The maximum absolute atomic E-state index is 11.8. The Hall–Kier alpha value is -1.33. The number of H-pyrrole nitrogens is 1. The van der Waals surface area contributed by atoms with Gasteiger partial charge in [-0.3, -0.25) is 4.79 Å². The Kier molecular flexibility index (Phi) is 4.04. The summed E-state index contributed by atoms with van der Waals surface area (Å²) in [7, 11) is 0. The standard InChI is InChI=1S/C13H15BrN2O2/c1-8(17)4-5-15-13(18)12-6-9-2-3-10(14)7-11(9)16-12/h2-3,6-8,16-17H,4-5H2,1H3,(H,15,18). The molecule has 0 aliphatic heterocycles. The van der Waals surface area contributed by atoms with Crippen LogP contribution in [0.3, 0.4) is 0 Å². The molecule has 0 saturated carbocycles. The lowest BCUT2D eigenvalue weighted by atomic mass is 10.2. The fourth-order valence-electron chi connectivity index (χ4n) is 1.71. The first-order valence-electron chi connectivity index (χ1n) is 5.81. The molecular formula is C13H15BrN2O2. The van der Waals surface area contributed by atoms with E-state index in [9.17, 15) is 4.79 Å². The molecule has 18 heavy (non-hydrogen) atoms. The number of aromatic amines is 1. The average molecular weight is 311 g/mol. The quantitative estimate of drug-likeness (QED) is 0.812. The molecule has 4 nitrogen and oxygen atoms in total. The number of benzene rings is 1. The highest BCUT2D eigenvalue weighted by molar-refractivity contribution is 9.10. The van der Waals surface area contributed by atoms with Crippen LogP contribution in [0, 0.1) is 0 Å². The summed E-state index contributed by atoms with van der Waals surface area (Å²) in [5.74, 6) is -0.150. The normalized spacial score (nSPS) is 12.6. The van der Waals surface area contributed by atoms with E-state index in [4.69, 9.17) is 5.11 Å². The van der Waals surface area contributed by atoms with E-state index >= 15 is 0 Å². The smallest absolute Gasteiger partial charge is 0.267 e. The van der Waals surface area contributed by atoms with Crippen molar-refractivity contribution in [1.29, 1.82) is 0 Å². The van der Waals surface area contributed by atoms with Gasteiger partial charge < -0.3 is 15.4 Å². The molecule has 1 aromatic carbocycles. The second-order valence-electron chi connectivity index (χ2n) is 4.31. The number of amides is 1. The van der Waals surface area contributed by atoms with E-state index in [0.29, 0.717) is 18.7 Å².